The van der Waals surface area contributed by atoms with Crippen molar-refractivity contribution in [2.45, 2.75) is 32.1 Å². The number of hydrogen-bond donors (Lipinski definition) is 1. The summed E-state index contributed by atoms with van der Waals surface area (Å²) in [7, 11) is 0. The highest BCUT2D eigenvalue weighted by atomic mass is 16.2. The van der Waals surface area contributed by atoms with Crippen LogP contribution in [0.2, 0.25) is 0 Å². The van der Waals surface area contributed by atoms with Gasteiger partial charge in [-0.25, -0.2) is 0 Å². The molecule has 0 radical (unpaired) electrons. The van der Waals surface area contributed by atoms with Gasteiger partial charge in [-0.2, -0.15) is 0 Å². The van der Waals surface area contributed by atoms with Gasteiger partial charge in [0.05, 0.1) is 6.54 Å². The fourth-order valence-electron chi connectivity index (χ4n) is 3.31. The highest BCUT2D eigenvalue weighted by Gasteiger charge is 2.22. The Morgan fingerprint density at radius 1 is 1.10 bits per heavy atom. The molecule has 2 rings (SSSR count). The minimum Gasteiger partial charge on any atom is -0.352 e. The fraction of sp³-hybridized carbons (Fsp3) is 0.812. The molecule has 20 heavy (non-hydrogen) atoms. The third-order valence-electron chi connectivity index (χ3n) is 4.52. The van der Waals surface area contributed by atoms with Crippen LogP contribution in [0.1, 0.15) is 32.1 Å². The first-order valence-corrected chi connectivity index (χ1v) is 8.10. The van der Waals surface area contributed by atoms with Crippen molar-refractivity contribution in [2.75, 3.05) is 45.8 Å². The fourth-order valence-corrected chi connectivity index (χ4v) is 3.31. The topological polar surface area (TPSA) is 35.6 Å². The van der Waals surface area contributed by atoms with Crippen LogP contribution in [0.25, 0.3) is 0 Å². The second-order valence-corrected chi connectivity index (χ2v) is 6.17. The van der Waals surface area contributed by atoms with Gasteiger partial charge in [-0.1, -0.05) is 25.3 Å². The predicted octanol–water partition coefficient (Wildman–Crippen LogP) is 1.49. The van der Waals surface area contributed by atoms with Crippen molar-refractivity contribution in [1.82, 2.24) is 15.1 Å². The van der Waals surface area contributed by atoms with Gasteiger partial charge in [0, 0.05) is 39.3 Å². The predicted molar refractivity (Wildman–Crippen MR) is 82.7 cm³/mol. The third-order valence-corrected chi connectivity index (χ3v) is 4.52. The van der Waals surface area contributed by atoms with Crippen molar-refractivity contribution >= 4 is 5.91 Å². The second kappa shape index (κ2) is 8.42. The maximum Gasteiger partial charge on any atom is 0.234 e. The zero-order chi connectivity index (χ0) is 14.2. The summed E-state index contributed by atoms with van der Waals surface area (Å²) in [6.45, 7) is 10.3. The van der Waals surface area contributed by atoms with Gasteiger partial charge in [0.2, 0.25) is 5.91 Å². The van der Waals surface area contributed by atoms with Crippen LogP contribution in [-0.2, 0) is 4.79 Å². The molecule has 1 saturated carbocycles. The number of carbonyl (C=O) groups is 1. The Bertz CT molecular complexity index is 305. The smallest absolute Gasteiger partial charge is 0.234 e. The molecule has 0 aromatic rings. The Morgan fingerprint density at radius 2 is 1.75 bits per heavy atom. The number of piperazine rings is 1. The maximum atomic E-state index is 11.7. The maximum absolute atomic E-state index is 11.7. The third kappa shape index (κ3) is 5.25. The van der Waals surface area contributed by atoms with Crippen molar-refractivity contribution in [3.05, 3.63) is 12.7 Å². The first-order chi connectivity index (χ1) is 9.78. The minimum atomic E-state index is 0.116. The molecule has 1 saturated heterocycles. The van der Waals surface area contributed by atoms with E-state index in [0.29, 0.717) is 13.1 Å². The first kappa shape index (κ1) is 15.5. The average molecular weight is 279 g/mol. The molecule has 4 heteroatoms. The quantitative estimate of drug-likeness (QED) is 0.748. The van der Waals surface area contributed by atoms with Gasteiger partial charge in [-0.3, -0.25) is 9.69 Å². The van der Waals surface area contributed by atoms with E-state index in [4.69, 9.17) is 0 Å². The number of nitrogens with zero attached hydrogens (tertiary/aromatic N) is 2. The van der Waals surface area contributed by atoms with Crippen molar-refractivity contribution in [2.24, 2.45) is 5.92 Å². The van der Waals surface area contributed by atoms with Gasteiger partial charge in [-0.05, 0) is 18.8 Å². The lowest BCUT2D eigenvalue weighted by Gasteiger charge is -2.36. The monoisotopic (exact) mass is 279 g/mol. The number of rotatable bonds is 6. The van der Waals surface area contributed by atoms with Gasteiger partial charge < -0.3 is 10.2 Å². The molecule has 1 aliphatic heterocycles. The van der Waals surface area contributed by atoms with E-state index in [2.05, 4.69) is 21.7 Å². The average Bonchev–Trinajstić information content (AvgIpc) is 2.48. The van der Waals surface area contributed by atoms with Crippen LogP contribution < -0.4 is 5.32 Å². The number of carbonyl (C=O) groups excluding carboxylic acids is 1. The zero-order valence-electron chi connectivity index (χ0n) is 12.6. The van der Waals surface area contributed by atoms with E-state index in [9.17, 15) is 4.79 Å². The number of amides is 1. The summed E-state index contributed by atoms with van der Waals surface area (Å²) in [6, 6.07) is 0. The summed E-state index contributed by atoms with van der Waals surface area (Å²) >= 11 is 0. The summed E-state index contributed by atoms with van der Waals surface area (Å²) in [5.74, 6) is 1.04. The lowest BCUT2D eigenvalue weighted by molar-refractivity contribution is -0.122. The Labute approximate surface area is 123 Å². The number of hydrogen-bond acceptors (Lipinski definition) is 3. The standard InChI is InChI=1S/C16H29N3O/c1-2-8-17-16(20)14-19-11-9-18(10-12-19)13-15-6-4-3-5-7-15/h2,15H,1,3-14H2,(H,17,20). The van der Waals surface area contributed by atoms with E-state index in [1.165, 1.54) is 38.6 Å². The zero-order valence-corrected chi connectivity index (χ0v) is 12.6. The Kier molecular flexibility index (Phi) is 6.54. The summed E-state index contributed by atoms with van der Waals surface area (Å²) < 4.78 is 0. The molecule has 0 aromatic carbocycles. The lowest BCUT2D eigenvalue weighted by Crippen LogP contribution is -2.50. The second-order valence-electron chi connectivity index (χ2n) is 6.17. The van der Waals surface area contributed by atoms with Crippen LogP contribution >= 0.6 is 0 Å². The van der Waals surface area contributed by atoms with Crippen LogP contribution in [-0.4, -0.2) is 61.5 Å². The van der Waals surface area contributed by atoms with Gasteiger partial charge in [0.25, 0.3) is 0 Å². The molecule has 1 amide bonds. The van der Waals surface area contributed by atoms with Crippen LogP contribution in [0, 0.1) is 5.92 Å². The van der Waals surface area contributed by atoms with Crippen LogP contribution in [0.3, 0.4) is 0 Å². The lowest BCUT2D eigenvalue weighted by atomic mass is 9.89. The minimum absolute atomic E-state index is 0.116. The van der Waals surface area contributed by atoms with Gasteiger partial charge >= 0.3 is 0 Å². The largest absolute Gasteiger partial charge is 0.352 e. The van der Waals surface area contributed by atoms with Gasteiger partial charge in [0.1, 0.15) is 0 Å². The summed E-state index contributed by atoms with van der Waals surface area (Å²) in [4.78, 5) is 16.5. The first-order valence-electron chi connectivity index (χ1n) is 8.10. The molecule has 2 aliphatic rings. The van der Waals surface area contributed by atoms with E-state index in [0.717, 1.165) is 32.1 Å². The molecule has 1 N–H and O–H groups in total. The molecular weight excluding hydrogens is 250 g/mol. The Morgan fingerprint density at radius 3 is 2.40 bits per heavy atom. The molecular formula is C16H29N3O. The van der Waals surface area contributed by atoms with Gasteiger partial charge in [-0.15, -0.1) is 6.58 Å². The molecule has 0 bridgehead atoms. The molecule has 0 aromatic heterocycles. The summed E-state index contributed by atoms with van der Waals surface area (Å²) in [5, 5.41) is 2.84. The van der Waals surface area contributed by atoms with Crippen molar-refractivity contribution in [3.63, 3.8) is 0 Å². The molecule has 0 unspecified atom stereocenters. The van der Waals surface area contributed by atoms with Crippen molar-refractivity contribution < 1.29 is 4.79 Å². The van der Waals surface area contributed by atoms with Gasteiger partial charge in [0.15, 0.2) is 0 Å². The Hall–Kier alpha value is -0.870. The normalized spacial score (nSPS) is 22.6. The van der Waals surface area contributed by atoms with E-state index in [1.807, 2.05) is 0 Å². The molecule has 4 nitrogen and oxygen atoms in total. The SMILES string of the molecule is C=CCNC(=O)CN1CCN(CC2CCCCC2)CC1. The number of nitrogens with one attached hydrogen (secondary N) is 1. The van der Waals surface area contributed by atoms with E-state index in [-0.39, 0.29) is 5.91 Å². The van der Waals surface area contributed by atoms with Crippen LogP contribution in [0.15, 0.2) is 12.7 Å². The summed E-state index contributed by atoms with van der Waals surface area (Å²) in [6.07, 6.45) is 8.85. The Balaban J connectivity index is 1.61. The highest BCUT2D eigenvalue weighted by Crippen LogP contribution is 2.24. The van der Waals surface area contributed by atoms with Crippen LogP contribution in [0.5, 0.6) is 0 Å². The molecule has 0 spiro atoms. The van der Waals surface area contributed by atoms with E-state index >= 15 is 0 Å². The van der Waals surface area contributed by atoms with E-state index < -0.39 is 0 Å². The van der Waals surface area contributed by atoms with E-state index in [1.54, 1.807) is 6.08 Å². The highest BCUT2D eigenvalue weighted by molar-refractivity contribution is 5.78. The molecule has 0 atom stereocenters. The molecule has 1 heterocycles. The van der Waals surface area contributed by atoms with Crippen molar-refractivity contribution in [3.8, 4) is 0 Å². The van der Waals surface area contributed by atoms with Crippen molar-refractivity contribution in [1.29, 1.82) is 0 Å². The molecule has 114 valence electrons. The van der Waals surface area contributed by atoms with Crippen LogP contribution in [0.4, 0.5) is 0 Å². The summed E-state index contributed by atoms with van der Waals surface area (Å²) in [5.41, 5.74) is 0. The molecule has 2 fully saturated rings. The molecule has 1 aliphatic carbocycles.